The van der Waals surface area contributed by atoms with Crippen molar-refractivity contribution >= 4 is 12.1 Å². The van der Waals surface area contributed by atoms with E-state index < -0.39 is 19.0 Å². The van der Waals surface area contributed by atoms with Crippen LogP contribution in [0.15, 0.2) is 43.0 Å². The van der Waals surface area contributed by atoms with Gasteiger partial charge in [0.1, 0.15) is 5.75 Å². The Balaban J connectivity index is 1.94. The summed E-state index contributed by atoms with van der Waals surface area (Å²) in [6.07, 6.45) is 9.89. The van der Waals surface area contributed by atoms with Crippen LogP contribution in [0.5, 0.6) is 11.6 Å². The summed E-state index contributed by atoms with van der Waals surface area (Å²) in [4.78, 5) is 26.2. The van der Waals surface area contributed by atoms with Gasteiger partial charge in [-0.15, -0.1) is 0 Å². The van der Waals surface area contributed by atoms with Crippen LogP contribution in [0.2, 0.25) is 0 Å². The Morgan fingerprint density at radius 2 is 2.08 bits per heavy atom. The number of methoxy groups -OCH3 is 1. The highest BCUT2D eigenvalue weighted by molar-refractivity contribution is 5.69. The van der Waals surface area contributed by atoms with Gasteiger partial charge < -0.3 is 24.1 Å². The van der Waals surface area contributed by atoms with Gasteiger partial charge in [-0.05, 0) is 33.9 Å². The molecule has 1 N–H and O–H groups in total. The first-order chi connectivity index (χ1) is 17.2. The summed E-state index contributed by atoms with van der Waals surface area (Å²) in [5.41, 5.74) is 1.94. The Morgan fingerprint density at radius 3 is 2.75 bits per heavy atom. The van der Waals surface area contributed by atoms with Crippen LogP contribution in [0.4, 0.5) is 8.78 Å². The third-order valence-corrected chi connectivity index (χ3v) is 5.87. The van der Waals surface area contributed by atoms with Gasteiger partial charge in [0.25, 0.3) is 11.8 Å². The van der Waals surface area contributed by atoms with Crippen molar-refractivity contribution in [3.8, 4) is 22.9 Å². The molecule has 9 nitrogen and oxygen atoms in total. The fraction of sp³-hybridized carbons (Fsp3) is 0.440. The number of imidazole rings is 1. The van der Waals surface area contributed by atoms with E-state index in [1.54, 1.807) is 47.1 Å². The second-order valence-electron chi connectivity index (χ2n) is 8.36. The van der Waals surface area contributed by atoms with E-state index in [1.165, 1.54) is 19.4 Å². The van der Waals surface area contributed by atoms with Crippen LogP contribution in [0, 0.1) is 0 Å². The highest BCUT2D eigenvalue weighted by atomic mass is 19.3. The van der Waals surface area contributed by atoms with E-state index >= 15 is 0 Å². The number of pyridine rings is 1. The average molecular weight is 503 g/mol. The number of nitrogens with zero attached hydrogens (tertiary/aromatic N) is 5. The fourth-order valence-corrected chi connectivity index (χ4v) is 3.56. The van der Waals surface area contributed by atoms with E-state index in [-0.39, 0.29) is 18.0 Å². The molecule has 0 saturated carbocycles. The van der Waals surface area contributed by atoms with Gasteiger partial charge in [0.15, 0.2) is 6.61 Å². The van der Waals surface area contributed by atoms with Crippen LogP contribution in [0.25, 0.3) is 16.9 Å². The highest BCUT2D eigenvalue weighted by Gasteiger charge is 2.29. The van der Waals surface area contributed by atoms with Crippen LogP contribution in [0.3, 0.4) is 0 Å². The lowest BCUT2D eigenvalue weighted by Gasteiger charge is -2.23. The van der Waals surface area contributed by atoms with Gasteiger partial charge in [0.05, 0.1) is 30.7 Å². The molecule has 3 heterocycles. The number of hydrogen-bond donors (Lipinski definition) is 1. The number of ether oxygens (including phenoxy) is 2. The maximum Gasteiger partial charge on any atom is 0.284 e. The van der Waals surface area contributed by atoms with Crippen molar-refractivity contribution in [3.63, 3.8) is 0 Å². The topological polar surface area (TPSA) is 93.9 Å². The Labute approximate surface area is 209 Å². The first-order valence-corrected chi connectivity index (χ1v) is 11.7. The first-order valence-electron chi connectivity index (χ1n) is 11.7. The zero-order valence-corrected chi connectivity index (χ0v) is 21.1. The molecule has 1 amide bonds. The molecule has 3 aromatic heterocycles. The second-order valence-corrected chi connectivity index (χ2v) is 8.36. The number of fused-ring (bicyclic) bond motifs is 1. The number of hydrogen-bond acceptors (Lipinski definition) is 7. The minimum Gasteiger partial charge on any atom is -0.494 e. The summed E-state index contributed by atoms with van der Waals surface area (Å²) in [6, 6.07) is 1.47. The fourth-order valence-electron chi connectivity index (χ4n) is 3.56. The van der Waals surface area contributed by atoms with E-state index in [0.717, 1.165) is 6.41 Å². The molecule has 0 spiro atoms. The summed E-state index contributed by atoms with van der Waals surface area (Å²) in [5.74, 6) is -2.69. The number of allylic oxidation sites excluding steroid dienone is 1. The molecule has 2 atom stereocenters. The van der Waals surface area contributed by atoms with Gasteiger partial charge in [-0.2, -0.15) is 0 Å². The molecule has 11 heteroatoms. The van der Waals surface area contributed by atoms with Gasteiger partial charge in [0.2, 0.25) is 12.1 Å². The van der Waals surface area contributed by atoms with Crippen molar-refractivity contribution in [1.29, 1.82) is 0 Å². The number of carbonyl (C=O) groups is 1. The van der Waals surface area contributed by atoms with Crippen LogP contribution in [0.1, 0.15) is 38.9 Å². The summed E-state index contributed by atoms with van der Waals surface area (Å²) < 4.78 is 41.6. The molecule has 36 heavy (non-hydrogen) atoms. The van der Waals surface area contributed by atoms with Gasteiger partial charge >= 0.3 is 0 Å². The average Bonchev–Trinajstić information content (AvgIpc) is 3.36. The zero-order valence-electron chi connectivity index (χ0n) is 21.1. The third-order valence-electron chi connectivity index (χ3n) is 5.87. The molecule has 0 saturated heterocycles. The van der Waals surface area contributed by atoms with E-state index in [1.807, 2.05) is 20.8 Å². The molecule has 3 rings (SSSR count). The Morgan fingerprint density at radius 1 is 1.31 bits per heavy atom. The quantitative estimate of drug-likeness (QED) is 0.280. The molecule has 3 aromatic rings. The van der Waals surface area contributed by atoms with Gasteiger partial charge in [-0.3, -0.25) is 9.78 Å². The molecular formula is C25H32F2N6O3. The largest absolute Gasteiger partial charge is 0.494 e. The molecule has 0 bridgehead atoms. The molecule has 0 fully saturated rings. The lowest BCUT2D eigenvalue weighted by Crippen LogP contribution is -2.26. The van der Waals surface area contributed by atoms with Crippen molar-refractivity contribution in [2.45, 2.75) is 45.2 Å². The van der Waals surface area contributed by atoms with Crippen LogP contribution in [-0.4, -0.2) is 69.9 Å². The van der Waals surface area contributed by atoms with Crippen LogP contribution >= 0.6 is 0 Å². The van der Waals surface area contributed by atoms with Crippen molar-refractivity contribution in [1.82, 2.24) is 29.6 Å². The number of carbonyl (C=O) groups excluding carboxylic acids is 1. The normalized spacial score (nSPS) is 13.6. The smallest absolute Gasteiger partial charge is 0.284 e. The Hall–Kier alpha value is -3.60. The number of halogens is 2. The molecule has 0 aliphatic carbocycles. The van der Waals surface area contributed by atoms with E-state index in [9.17, 15) is 13.6 Å². The predicted octanol–water partition coefficient (Wildman–Crippen LogP) is 3.91. The first kappa shape index (κ1) is 27.0. The predicted molar refractivity (Wildman–Crippen MR) is 132 cm³/mol. The summed E-state index contributed by atoms with van der Waals surface area (Å²) in [7, 11) is 3.26. The maximum absolute atomic E-state index is 14.5. The van der Waals surface area contributed by atoms with Crippen LogP contribution < -0.4 is 14.8 Å². The van der Waals surface area contributed by atoms with Gasteiger partial charge in [0, 0.05) is 43.2 Å². The molecule has 0 aliphatic heterocycles. The number of alkyl halides is 2. The lowest BCUT2D eigenvalue weighted by atomic mass is 10.1. The Kier molecular flexibility index (Phi) is 8.92. The van der Waals surface area contributed by atoms with Gasteiger partial charge in [-0.25, -0.2) is 18.7 Å². The molecule has 0 aliphatic rings. The lowest BCUT2D eigenvalue weighted by molar-refractivity contribution is -0.119. The number of nitrogens with one attached hydrogen (secondary N) is 1. The SMILES string of the molecule is CCN(C=O)C(C)c1cc(-c2cn3ccnc3c(OCC(F)(F)C/C=C/C(C)NC)n2)c(OC)cn1. The molecule has 0 radical (unpaired) electrons. The Bertz CT molecular complexity index is 1200. The highest BCUT2D eigenvalue weighted by Crippen LogP contribution is 2.33. The van der Waals surface area contributed by atoms with E-state index in [2.05, 4.69) is 20.3 Å². The van der Waals surface area contributed by atoms with Crippen molar-refractivity contribution < 1.29 is 23.0 Å². The zero-order chi connectivity index (χ0) is 26.3. The maximum atomic E-state index is 14.5. The monoisotopic (exact) mass is 502 g/mol. The number of amides is 1. The molecule has 0 aromatic carbocycles. The van der Waals surface area contributed by atoms with E-state index in [4.69, 9.17) is 9.47 Å². The molecular weight excluding hydrogens is 470 g/mol. The third kappa shape index (κ3) is 6.34. The summed E-state index contributed by atoms with van der Waals surface area (Å²) in [6.45, 7) is 5.27. The standard InChI is InChI=1S/C25H32F2N6O3/c1-6-32(16-34)18(3)20-12-19(22(35-5)13-30-20)21-14-33-11-10-29-23(33)24(31-21)36-15-25(26,27)9-7-8-17(2)28-4/h7-8,10-14,16-18,28H,6,9,15H2,1-5H3/b8-7+. The minimum atomic E-state index is -3.10. The number of aromatic nitrogens is 4. The molecule has 194 valence electrons. The van der Waals surface area contributed by atoms with E-state index in [0.29, 0.717) is 34.9 Å². The summed E-state index contributed by atoms with van der Waals surface area (Å²) in [5, 5.41) is 2.96. The number of rotatable bonds is 13. The minimum absolute atomic E-state index is 0.0106. The summed E-state index contributed by atoms with van der Waals surface area (Å²) >= 11 is 0. The number of likely N-dealkylation sites (N-methyl/N-ethyl adjacent to an activating group) is 1. The van der Waals surface area contributed by atoms with Crippen molar-refractivity contribution in [2.75, 3.05) is 27.3 Å². The second kappa shape index (κ2) is 11.9. The molecule has 2 unspecified atom stereocenters. The van der Waals surface area contributed by atoms with Gasteiger partial charge in [-0.1, -0.05) is 12.2 Å². The van der Waals surface area contributed by atoms with Crippen molar-refractivity contribution in [2.24, 2.45) is 0 Å². The van der Waals surface area contributed by atoms with Crippen LogP contribution in [-0.2, 0) is 4.79 Å². The van der Waals surface area contributed by atoms with Crippen molar-refractivity contribution in [3.05, 3.63) is 48.7 Å².